The Morgan fingerprint density at radius 2 is 2.04 bits per heavy atom. The van der Waals surface area contributed by atoms with E-state index >= 15 is 0 Å². The highest BCUT2D eigenvalue weighted by atomic mass is 16.2. The highest BCUT2D eigenvalue weighted by Crippen LogP contribution is 2.06. The van der Waals surface area contributed by atoms with Gasteiger partial charge in [0.1, 0.15) is 24.3 Å². The van der Waals surface area contributed by atoms with Crippen molar-refractivity contribution in [2.45, 2.75) is 32.9 Å². The lowest BCUT2D eigenvalue weighted by Crippen LogP contribution is -2.47. The van der Waals surface area contributed by atoms with Crippen LogP contribution < -0.4 is 16.2 Å². The first kappa shape index (κ1) is 17.6. The predicted molar refractivity (Wildman–Crippen MR) is 88.2 cm³/mol. The second-order valence-corrected chi connectivity index (χ2v) is 6.05. The molecule has 0 aliphatic heterocycles. The van der Waals surface area contributed by atoms with Gasteiger partial charge < -0.3 is 10.6 Å². The number of fused-ring (bicyclic) bond motifs is 1. The van der Waals surface area contributed by atoms with Crippen LogP contribution in [0.3, 0.4) is 0 Å². The molecular weight excluding hydrogens is 312 g/mol. The third-order valence-electron chi connectivity index (χ3n) is 3.64. The second kappa shape index (κ2) is 7.24. The van der Waals surface area contributed by atoms with Crippen LogP contribution in [0.2, 0.25) is 0 Å². The summed E-state index contributed by atoms with van der Waals surface area (Å²) in [7, 11) is 3.21. The van der Waals surface area contributed by atoms with Crippen molar-refractivity contribution in [3.05, 3.63) is 22.9 Å². The van der Waals surface area contributed by atoms with Gasteiger partial charge in [-0.2, -0.15) is 5.10 Å². The number of amides is 2. The van der Waals surface area contributed by atoms with E-state index in [0.717, 1.165) is 0 Å². The zero-order valence-corrected chi connectivity index (χ0v) is 14.2. The summed E-state index contributed by atoms with van der Waals surface area (Å²) in [5.74, 6) is -0.439. The number of rotatable bonds is 6. The van der Waals surface area contributed by atoms with Gasteiger partial charge in [-0.25, -0.2) is 4.98 Å². The zero-order valence-electron chi connectivity index (χ0n) is 14.2. The first-order valence-electron chi connectivity index (χ1n) is 7.71. The number of hydrogen-bond donors (Lipinski definition) is 2. The summed E-state index contributed by atoms with van der Waals surface area (Å²) >= 11 is 0. The number of carbonyl (C=O) groups excluding carboxylic acids is 2. The Labute approximate surface area is 139 Å². The molecule has 0 aliphatic carbocycles. The standard InChI is InChI=1S/C15H22N6O3/c1-9(2)5-11(14(23)16-3)19-12(22)7-21-8-17-13-10(15(21)24)6-18-20(13)4/h6,8-9,11H,5,7H2,1-4H3,(H,16,23)(H,19,22). The van der Waals surface area contributed by atoms with Crippen LogP contribution in [0.1, 0.15) is 20.3 Å². The molecule has 0 spiro atoms. The molecule has 130 valence electrons. The van der Waals surface area contributed by atoms with Crippen molar-refractivity contribution < 1.29 is 9.59 Å². The van der Waals surface area contributed by atoms with Crippen LogP contribution in [-0.4, -0.2) is 44.2 Å². The number of aromatic nitrogens is 4. The molecule has 2 aromatic heterocycles. The number of likely N-dealkylation sites (N-methyl/N-ethyl adjacent to an activating group) is 1. The fourth-order valence-electron chi connectivity index (χ4n) is 2.45. The minimum atomic E-state index is -0.631. The smallest absolute Gasteiger partial charge is 0.264 e. The van der Waals surface area contributed by atoms with E-state index in [4.69, 9.17) is 0 Å². The van der Waals surface area contributed by atoms with Crippen LogP contribution >= 0.6 is 0 Å². The summed E-state index contributed by atoms with van der Waals surface area (Å²) in [4.78, 5) is 40.6. The maximum Gasteiger partial charge on any atom is 0.264 e. The van der Waals surface area contributed by atoms with Crippen LogP contribution in [-0.2, 0) is 23.2 Å². The lowest BCUT2D eigenvalue weighted by molar-refractivity contribution is -0.129. The molecular formula is C15H22N6O3. The fourth-order valence-corrected chi connectivity index (χ4v) is 2.45. The Morgan fingerprint density at radius 3 is 2.67 bits per heavy atom. The summed E-state index contributed by atoms with van der Waals surface area (Å²) in [6.45, 7) is 3.72. The molecule has 2 N–H and O–H groups in total. The van der Waals surface area contributed by atoms with Crippen molar-refractivity contribution in [3.63, 3.8) is 0 Å². The fraction of sp³-hybridized carbons (Fsp3) is 0.533. The molecule has 2 heterocycles. The van der Waals surface area contributed by atoms with Crippen LogP contribution in [0, 0.1) is 5.92 Å². The van der Waals surface area contributed by atoms with Crippen LogP contribution in [0.25, 0.3) is 11.0 Å². The Hall–Kier alpha value is -2.71. The van der Waals surface area contributed by atoms with Gasteiger partial charge in [-0.05, 0) is 12.3 Å². The molecule has 2 amide bonds. The first-order chi connectivity index (χ1) is 11.3. The van der Waals surface area contributed by atoms with E-state index in [1.807, 2.05) is 13.8 Å². The average molecular weight is 334 g/mol. The monoisotopic (exact) mass is 334 g/mol. The van der Waals surface area contributed by atoms with Crippen LogP contribution in [0.4, 0.5) is 0 Å². The van der Waals surface area contributed by atoms with E-state index in [1.54, 1.807) is 7.05 Å². The molecule has 0 saturated carbocycles. The second-order valence-electron chi connectivity index (χ2n) is 6.05. The van der Waals surface area contributed by atoms with Gasteiger partial charge in [0.05, 0.1) is 6.20 Å². The van der Waals surface area contributed by atoms with Gasteiger partial charge in [0.15, 0.2) is 5.65 Å². The predicted octanol–water partition coefficient (Wildman–Crippen LogP) is -0.593. The van der Waals surface area contributed by atoms with Gasteiger partial charge in [0, 0.05) is 14.1 Å². The lowest BCUT2D eigenvalue weighted by atomic mass is 10.0. The van der Waals surface area contributed by atoms with Crippen LogP contribution in [0.5, 0.6) is 0 Å². The molecule has 0 radical (unpaired) electrons. The molecule has 0 aromatic carbocycles. The van der Waals surface area contributed by atoms with Crippen molar-refractivity contribution in [3.8, 4) is 0 Å². The number of nitrogens with one attached hydrogen (secondary N) is 2. The number of nitrogens with zero attached hydrogens (tertiary/aromatic N) is 4. The molecule has 0 aliphatic rings. The van der Waals surface area contributed by atoms with E-state index in [2.05, 4.69) is 20.7 Å². The van der Waals surface area contributed by atoms with Gasteiger partial charge in [-0.15, -0.1) is 0 Å². The topological polar surface area (TPSA) is 111 Å². The van der Waals surface area contributed by atoms with Gasteiger partial charge >= 0.3 is 0 Å². The third kappa shape index (κ3) is 3.79. The van der Waals surface area contributed by atoms with E-state index in [0.29, 0.717) is 17.5 Å². The van der Waals surface area contributed by atoms with Gasteiger partial charge in [-0.3, -0.25) is 23.6 Å². The summed E-state index contributed by atoms with van der Waals surface area (Å²) in [6, 6.07) is -0.631. The Bertz CT molecular complexity index is 807. The van der Waals surface area contributed by atoms with Gasteiger partial charge in [0.25, 0.3) is 5.56 Å². The van der Waals surface area contributed by atoms with E-state index < -0.39 is 11.9 Å². The summed E-state index contributed by atoms with van der Waals surface area (Å²) in [6.07, 6.45) is 3.24. The minimum absolute atomic E-state index is 0.206. The summed E-state index contributed by atoms with van der Waals surface area (Å²) < 4.78 is 2.70. The quantitative estimate of drug-likeness (QED) is 0.733. The Kier molecular flexibility index (Phi) is 5.32. The molecule has 9 nitrogen and oxygen atoms in total. The van der Waals surface area contributed by atoms with E-state index in [1.165, 1.54) is 28.8 Å². The maximum absolute atomic E-state index is 12.3. The zero-order chi connectivity index (χ0) is 17.9. The molecule has 24 heavy (non-hydrogen) atoms. The third-order valence-corrected chi connectivity index (χ3v) is 3.64. The molecule has 1 unspecified atom stereocenters. The minimum Gasteiger partial charge on any atom is -0.357 e. The van der Waals surface area contributed by atoms with Gasteiger partial charge in [0.2, 0.25) is 11.8 Å². The SMILES string of the molecule is CNC(=O)C(CC(C)C)NC(=O)Cn1cnc2c(cnn2C)c1=O. The van der Waals surface area contributed by atoms with Gasteiger partial charge in [-0.1, -0.05) is 13.8 Å². The molecule has 1 atom stereocenters. The normalized spacial score (nSPS) is 12.4. The lowest BCUT2D eigenvalue weighted by Gasteiger charge is -2.19. The van der Waals surface area contributed by atoms with Crippen molar-refractivity contribution >= 4 is 22.8 Å². The van der Waals surface area contributed by atoms with Crippen molar-refractivity contribution in [1.29, 1.82) is 0 Å². The van der Waals surface area contributed by atoms with Crippen LogP contribution in [0.15, 0.2) is 17.3 Å². The molecule has 0 bridgehead atoms. The largest absolute Gasteiger partial charge is 0.357 e. The molecule has 9 heteroatoms. The number of carbonyl (C=O) groups is 2. The highest BCUT2D eigenvalue weighted by molar-refractivity contribution is 5.87. The Balaban J connectivity index is 2.15. The number of hydrogen-bond acceptors (Lipinski definition) is 5. The molecule has 0 fully saturated rings. The molecule has 2 rings (SSSR count). The first-order valence-corrected chi connectivity index (χ1v) is 7.71. The molecule has 2 aromatic rings. The highest BCUT2D eigenvalue weighted by Gasteiger charge is 2.21. The van der Waals surface area contributed by atoms with Crippen molar-refractivity contribution in [2.24, 2.45) is 13.0 Å². The number of aryl methyl sites for hydroxylation is 1. The molecule has 0 saturated heterocycles. The van der Waals surface area contributed by atoms with Crippen molar-refractivity contribution in [1.82, 2.24) is 30.0 Å². The summed E-state index contributed by atoms with van der Waals surface area (Å²) in [5.41, 5.74) is 0.114. The average Bonchev–Trinajstić information content (AvgIpc) is 2.90. The Morgan fingerprint density at radius 1 is 1.33 bits per heavy atom. The van der Waals surface area contributed by atoms with E-state index in [9.17, 15) is 14.4 Å². The summed E-state index contributed by atoms with van der Waals surface area (Å²) in [5, 5.41) is 9.53. The maximum atomic E-state index is 12.3. The van der Waals surface area contributed by atoms with Crippen molar-refractivity contribution in [2.75, 3.05) is 7.05 Å². The van der Waals surface area contributed by atoms with E-state index in [-0.39, 0.29) is 23.9 Å².